The van der Waals surface area contributed by atoms with Gasteiger partial charge in [-0.1, -0.05) is 24.3 Å². The Morgan fingerprint density at radius 2 is 1.53 bits per heavy atom. The van der Waals surface area contributed by atoms with E-state index < -0.39 is 35.9 Å². The van der Waals surface area contributed by atoms with Gasteiger partial charge in [-0.25, -0.2) is 10.5 Å². The maximum atomic E-state index is 11.8. The van der Waals surface area contributed by atoms with Crippen LogP contribution in [-0.2, 0) is 23.9 Å². The number of carboxylic acids is 1. The highest BCUT2D eigenvalue weighted by Crippen LogP contribution is 2.20. The lowest BCUT2D eigenvalue weighted by atomic mass is 10.2. The standard InChI is InChI=1S/C15H19N3O5.C13H14N2O5/c1-22-8-4-7-17-14(19)9-13(15(20)18-21)23-12-6-3-2-5-11(12)10-16;1-9(13(18)15(19)7-6-12(16)17)20-11-5-3-2-4-10(11)8-14/h2-3,5-6,13,21H,4,7-9H2,1H3,(H,17,19)(H,18,20);2-5,9,19H,6-7H2,1H3,(H,16,17). The van der Waals surface area contributed by atoms with Crippen LogP contribution in [0, 0.1) is 22.7 Å². The zero-order valence-electron chi connectivity index (χ0n) is 23.6. The van der Waals surface area contributed by atoms with Crippen molar-refractivity contribution in [2.75, 3.05) is 26.8 Å². The number of carbonyl (C=O) groups is 4. The fraction of sp³-hybridized carbons (Fsp3) is 0.357. The van der Waals surface area contributed by atoms with E-state index in [-0.39, 0.29) is 42.0 Å². The molecule has 2 aromatic rings. The lowest BCUT2D eigenvalue weighted by Gasteiger charge is -2.20. The highest BCUT2D eigenvalue weighted by Gasteiger charge is 2.25. The molecule has 2 aromatic carbocycles. The molecule has 2 rings (SSSR count). The maximum absolute atomic E-state index is 11.8. The van der Waals surface area contributed by atoms with Crippen LogP contribution in [0.1, 0.15) is 37.3 Å². The zero-order valence-corrected chi connectivity index (χ0v) is 23.6. The van der Waals surface area contributed by atoms with Gasteiger partial charge in [-0.15, -0.1) is 0 Å². The third-order valence-corrected chi connectivity index (χ3v) is 5.35. The maximum Gasteiger partial charge on any atom is 0.305 e. The van der Waals surface area contributed by atoms with Crippen LogP contribution in [0.15, 0.2) is 48.5 Å². The van der Waals surface area contributed by atoms with E-state index >= 15 is 0 Å². The fourth-order valence-electron chi connectivity index (χ4n) is 3.18. The number of nitriles is 2. The SMILES string of the molecule is CC(Oc1ccccc1C#N)C(=O)N(O)CCC(=O)O.COCCCNC(=O)CC(Oc1ccccc1C#N)C(=O)NO. The third-order valence-electron chi connectivity index (χ3n) is 5.35. The van der Waals surface area contributed by atoms with Gasteiger partial charge in [0.15, 0.2) is 12.2 Å². The smallest absolute Gasteiger partial charge is 0.305 e. The van der Waals surface area contributed by atoms with E-state index in [1.165, 1.54) is 36.7 Å². The van der Waals surface area contributed by atoms with E-state index in [1.54, 1.807) is 31.4 Å². The molecule has 0 saturated carbocycles. The molecular weight excluding hydrogens is 566 g/mol. The van der Waals surface area contributed by atoms with E-state index in [1.807, 2.05) is 12.1 Å². The first kappa shape index (κ1) is 35.8. The molecular formula is C28H33N5O10. The van der Waals surface area contributed by atoms with Gasteiger partial charge in [0.25, 0.3) is 11.8 Å². The van der Waals surface area contributed by atoms with E-state index in [0.717, 1.165) is 0 Å². The number of para-hydroxylation sites is 2. The Balaban J connectivity index is 0.000000434. The van der Waals surface area contributed by atoms with Crippen molar-refractivity contribution >= 4 is 23.7 Å². The van der Waals surface area contributed by atoms with E-state index in [4.69, 9.17) is 35.0 Å². The summed E-state index contributed by atoms with van der Waals surface area (Å²) < 4.78 is 15.6. The summed E-state index contributed by atoms with van der Waals surface area (Å²) in [5, 5.41) is 47.5. The minimum absolute atomic E-state index is 0.163. The summed E-state index contributed by atoms with van der Waals surface area (Å²) in [4.78, 5) is 45.6. The minimum Gasteiger partial charge on any atom is -0.481 e. The number of carbonyl (C=O) groups excluding carboxylic acids is 3. The molecule has 2 unspecified atom stereocenters. The van der Waals surface area contributed by atoms with Gasteiger partial charge in [-0.05, 0) is 37.6 Å². The van der Waals surface area contributed by atoms with E-state index in [0.29, 0.717) is 24.6 Å². The Bertz CT molecular complexity index is 1310. The summed E-state index contributed by atoms with van der Waals surface area (Å²) in [5.74, 6) is -2.80. The number of amides is 3. The Morgan fingerprint density at radius 3 is 2.05 bits per heavy atom. The van der Waals surface area contributed by atoms with Crippen molar-refractivity contribution < 1.29 is 48.9 Å². The summed E-state index contributed by atoms with van der Waals surface area (Å²) in [5.41, 5.74) is 1.95. The Labute approximate surface area is 247 Å². The molecule has 0 bridgehead atoms. The summed E-state index contributed by atoms with van der Waals surface area (Å²) in [7, 11) is 1.56. The largest absolute Gasteiger partial charge is 0.481 e. The molecule has 0 aliphatic heterocycles. The zero-order chi connectivity index (χ0) is 32.2. The highest BCUT2D eigenvalue weighted by atomic mass is 16.5. The predicted octanol–water partition coefficient (Wildman–Crippen LogP) is 1.37. The van der Waals surface area contributed by atoms with Crippen LogP contribution >= 0.6 is 0 Å². The number of hydroxylamine groups is 3. The number of nitrogens with zero attached hydrogens (tertiary/aromatic N) is 3. The molecule has 15 nitrogen and oxygen atoms in total. The van der Waals surface area contributed by atoms with Crippen molar-refractivity contribution in [2.24, 2.45) is 0 Å². The monoisotopic (exact) mass is 599 g/mol. The lowest BCUT2D eigenvalue weighted by molar-refractivity contribution is -0.173. The fourth-order valence-corrected chi connectivity index (χ4v) is 3.18. The van der Waals surface area contributed by atoms with Gasteiger partial charge < -0.3 is 24.6 Å². The molecule has 2 atom stereocenters. The van der Waals surface area contributed by atoms with Crippen molar-refractivity contribution in [3.63, 3.8) is 0 Å². The number of rotatable bonds is 15. The van der Waals surface area contributed by atoms with Gasteiger partial charge in [0.05, 0.1) is 30.5 Å². The molecule has 230 valence electrons. The topological polar surface area (TPSA) is 232 Å². The molecule has 0 aliphatic rings. The number of hydrogen-bond donors (Lipinski definition) is 5. The molecule has 0 saturated heterocycles. The molecule has 3 amide bonds. The van der Waals surface area contributed by atoms with Crippen molar-refractivity contribution in [1.29, 1.82) is 10.5 Å². The first-order valence-corrected chi connectivity index (χ1v) is 12.8. The summed E-state index contributed by atoms with van der Waals surface area (Å²) in [6, 6.07) is 16.5. The second kappa shape index (κ2) is 19.8. The molecule has 5 N–H and O–H groups in total. The third kappa shape index (κ3) is 13.3. The summed E-state index contributed by atoms with van der Waals surface area (Å²) in [6.45, 7) is 1.98. The number of carboxylic acid groups (broad SMARTS) is 1. The first-order valence-electron chi connectivity index (χ1n) is 12.8. The van der Waals surface area contributed by atoms with Crippen LogP contribution in [0.2, 0.25) is 0 Å². The number of benzene rings is 2. The number of methoxy groups -OCH3 is 1. The Hall–Kier alpha value is -5.22. The number of hydrogen-bond acceptors (Lipinski definition) is 11. The van der Waals surface area contributed by atoms with Gasteiger partial charge in [0.2, 0.25) is 5.91 Å². The van der Waals surface area contributed by atoms with E-state index in [9.17, 15) is 24.4 Å². The number of ether oxygens (including phenoxy) is 3. The molecule has 43 heavy (non-hydrogen) atoms. The van der Waals surface area contributed by atoms with Gasteiger partial charge in [0.1, 0.15) is 23.6 Å². The Kier molecular flexibility index (Phi) is 16.5. The van der Waals surface area contributed by atoms with Gasteiger partial charge >= 0.3 is 5.97 Å². The highest BCUT2D eigenvalue weighted by molar-refractivity contribution is 5.87. The first-order chi connectivity index (χ1) is 20.6. The molecule has 0 fully saturated rings. The van der Waals surface area contributed by atoms with Crippen LogP contribution in [0.3, 0.4) is 0 Å². The number of nitrogens with one attached hydrogen (secondary N) is 2. The minimum atomic E-state index is -1.25. The molecule has 15 heteroatoms. The molecule has 0 aromatic heterocycles. The van der Waals surface area contributed by atoms with Crippen LogP contribution in [0.5, 0.6) is 11.5 Å². The molecule has 0 aliphatic carbocycles. The van der Waals surface area contributed by atoms with Crippen molar-refractivity contribution in [3.8, 4) is 23.6 Å². The van der Waals surface area contributed by atoms with Crippen LogP contribution in [-0.4, -0.2) is 83.3 Å². The summed E-state index contributed by atoms with van der Waals surface area (Å²) in [6.07, 6.45) is -2.32. The average molecular weight is 600 g/mol. The van der Waals surface area contributed by atoms with Gasteiger partial charge in [-0.2, -0.15) is 10.5 Å². The average Bonchev–Trinajstić information content (AvgIpc) is 3.01. The molecule has 0 heterocycles. The van der Waals surface area contributed by atoms with Crippen molar-refractivity contribution in [3.05, 3.63) is 59.7 Å². The predicted molar refractivity (Wildman–Crippen MR) is 147 cm³/mol. The van der Waals surface area contributed by atoms with Crippen LogP contribution in [0.4, 0.5) is 0 Å². The quantitative estimate of drug-likeness (QED) is 0.111. The van der Waals surface area contributed by atoms with Crippen molar-refractivity contribution in [2.45, 2.75) is 38.4 Å². The lowest BCUT2D eigenvalue weighted by Crippen LogP contribution is -2.41. The van der Waals surface area contributed by atoms with Gasteiger partial charge in [0, 0.05) is 20.3 Å². The van der Waals surface area contributed by atoms with Gasteiger partial charge in [-0.3, -0.25) is 29.6 Å². The molecule has 0 radical (unpaired) electrons. The second-order valence-corrected chi connectivity index (χ2v) is 8.56. The van der Waals surface area contributed by atoms with Crippen LogP contribution < -0.4 is 20.3 Å². The summed E-state index contributed by atoms with van der Waals surface area (Å²) >= 11 is 0. The Morgan fingerprint density at radius 1 is 0.977 bits per heavy atom. The van der Waals surface area contributed by atoms with E-state index in [2.05, 4.69) is 5.32 Å². The number of aliphatic carboxylic acids is 1. The van der Waals surface area contributed by atoms with Crippen molar-refractivity contribution in [1.82, 2.24) is 15.9 Å². The molecule has 0 spiro atoms. The second-order valence-electron chi connectivity index (χ2n) is 8.56. The normalized spacial score (nSPS) is 11.2. The van der Waals surface area contributed by atoms with Crippen LogP contribution in [0.25, 0.3) is 0 Å².